The minimum absolute atomic E-state index is 0.180. The third kappa shape index (κ3) is 3.79. The van der Waals surface area contributed by atoms with E-state index in [1.54, 1.807) is 0 Å². The van der Waals surface area contributed by atoms with E-state index >= 15 is 0 Å². The van der Waals surface area contributed by atoms with Crippen LogP contribution in [0.5, 0.6) is 0 Å². The van der Waals surface area contributed by atoms with Gasteiger partial charge in [-0.25, -0.2) is 0 Å². The van der Waals surface area contributed by atoms with Gasteiger partial charge in [0.25, 0.3) is 0 Å². The maximum Gasteiger partial charge on any atom is 0.0669 e. The Hall–Kier alpha value is -0.550. The molecule has 1 aliphatic rings. The van der Waals surface area contributed by atoms with Crippen LogP contribution < -0.4 is 5.32 Å². The summed E-state index contributed by atoms with van der Waals surface area (Å²) in [5.74, 6) is 1.06. The second-order valence-corrected chi connectivity index (χ2v) is 5.84. The number of rotatable bonds is 6. The summed E-state index contributed by atoms with van der Waals surface area (Å²) in [4.78, 5) is 0. The number of hydrogen-bond donors (Lipinski definition) is 1. The Balaban J connectivity index is 2.27. The molecule has 0 aromatic heterocycles. The molecule has 0 radical (unpaired) electrons. The normalized spacial score (nSPS) is 19.6. The van der Waals surface area contributed by atoms with Crippen LogP contribution in [-0.2, 0) is 0 Å². The molecule has 0 aromatic rings. The third-order valence-electron chi connectivity index (χ3n) is 4.11. The average Bonchev–Trinajstić information content (AvgIpc) is 2.78. The van der Waals surface area contributed by atoms with Crippen LogP contribution in [0.2, 0.25) is 0 Å². The third-order valence-corrected chi connectivity index (χ3v) is 4.11. The van der Waals surface area contributed by atoms with Gasteiger partial charge in [0.05, 0.1) is 12.0 Å². The van der Waals surface area contributed by atoms with E-state index in [1.807, 2.05) is 0 Å². The van der Waals surface area contributed by atoms with E-state index in [0.29, 0.717) is 5.41 Å². The summed E-state index contributed by atoms with van der Waals surface area (Å²) in [5.41, 5.74) is 0.393. The topological polar surface area (TPSA) is 35.8 Å². The lowest BCUT2D eigenvalue weighted by Crippen LogP contribution is -2.36. The second-order valence-electron chi connectivity index (χ2n) is 5.84. The molecule has 2 nitrogen and oxygen atoms in total. The summed E-state index contributed by atoms with van der Waals surface area (Å²) in [5, 5.41) is 12.4. The van der Waals surface area contributed by atoms with Gasteiger partial charge in [-0.1, -0.05) is 33.6 Å². The van der Waals surface area contributed by atoms with E-state index in [0.717, 1.165) is 25.4 Å². The molecule has 16 heavy (non-hydrogen) atoms. The maximum absolute atomic E-state index is 8.88. The molecule has 0 bridgehead atoms. The maximum atomic E-state index is 8.88. The molecule has 0 saturated heterocycles. The van der Waals surface area contributed by atoms with Crippen LogP contribution in [0.25, 0.3) is 0 Å². The lowest BCUT2D eigenvalue weighted by Gasteiger charge is -2.32. The van der Waals surface area contributed by atoms with Gasteiger partial charge >= 0.3 is 0 Å². The van der Waals surface area contributed by atoms with Crippen molar-refractivity contribution in [2.24, 2.45) is 17.3 Å². The summed E-state index contributed by atoms with van der Waals surface area (Å²) < 4.78 is 0. The van der Waals surface area contributed by atoms with Crippen LogP contribution >= 0.6 is 0 Å². The highest BCUT2D eigenvalue weighted by molar-refractivity contribution is 4.87. The molecule has 1 N–H and O–H groups in total. The largest absolute Gasteiger partial charge is 0.315 e. The molecule has 92 valence electrons. The first-order valence-corrected chi connectivity index (χ1v) is 6.70. The van der Waals surface area contributed by atoms with Crippen LogP contribution in [0.1, 0.15) is 52.9 Å². The van der Waals surface area contributed by atoms with Crippen molar-refractivity contribution in [2.45, 2.75) is 52.9 Å². The van der Waals surface area contributed by atoms with Crippen molar-refractivity contribution in [3.63, 3.8) is 0 Å². The Labute approximate surface area is 100 Å². The van der Waals surface area contributed by atoms with Gasteiger partial charge in [-0.3, -0.25) is 0 Å². The zero-order chi connectivity index (χ0) is 12.0. The Bertz CT molecular complexity index is 234. The molecular weight excluding hydrogens is 196 g/mol. The Kier molecular flexibility index (Phi) is 5.28. The van der Waals surface area contributed by atoms with E-state index in [1.165, 1.54) is 25.7 Å². The van der Waals surface area contributed by atoms with Gasteiger partial charge in [-0.2, -0.15) is 5.26 Å². The lowest BCUT2D eigenvalue weighted by atomic mass is 9.77. The fourth-order valence-corrected chi connectivity index (χ4v) is 2.70. The van der Waals surface area contributed by atoms with E-state index in [9.17, 15) is 0 Å². The molecule has 1 unspecified atom stereocenters. The number of hydrogen-bond acceptors (Lipinski definition) is 2. The molecule has 1 atom stereocenters. The van der Waals surface area contributed by atoms with Gasteiger partial charge in [-0.15, -0.1) is 0 Å². The first kappa shape index (κ1) is 13.5. The molecule has 1 saturated carbocycles. The van der Waals surface area contributed by atoms with Crippen LogP contribution in [0.15, 0.2) is 0 Å². The Morgan fingerprint density at radius 3 is 2.50 bits per heavy atom. The van der Waals surface area contributed by atoms with Crippen molar-refractivity contribution in [2.75, 3.05) is 13.1 Å². The van der Waals surface area contributed by atoms with Crippen LogP contribution in [0.3, 0.4) is 0 Å². The number of nitrogens with one attached hydrogen (secondary N) is 1. The number of nitrogens with zero attached hydrogens (tertiary/aromatic N) is 1. The van der Waals surface area contributed by atoms with Crippen LogP contribution in [0, 0.1) is 28.6 Å². The van der Waals surface area contributed by atoms with Crippen molar-refractivity contribution in [1.29, 1.82) is 5.26 Å². The van der Waals surface area contributed by atoms with Crippen LogP contribution in [-0.4, -0.2) is 13.1 Å². The first-order chi connectivity index (χ1) is 7.60. The average molecular weight is 222 g/mol. The highest BCUT2D eigenvalue weighted by Gasteiger charge is 2.31. The molecule has 1 fully saturated rings. The molecule has 0 spiro atoms. The SMILES string of the molecule is CCC(C#N)CNCC(C)(C)C1CCCC1. The van der Waals surface area contributed by atoms with Gasteiger partial charge in [0.2, 0.25) is 0 Å². The minimum Gasteiger partial charge on any atom is -0.315 e. The summed E-state index contributed by atoms with van der Waals surface area (Å²) in [7, 11) is 0. The molecule has 1 rings (SSSR count). The van der Waals surface area contributed by atoms with Crippen molar-refractivity contribution in [1.82, 2.24) is 5.32 Å². The van der Waals surface area contributed by atoms with E-state index < -0.39 is 0 Å². The fourth-order valence-electron chi connectivity index (χ4n) is 2.70. The van der Waals surface area contributed by atoms with E-state index in [-0.39, 0.29) is 5.92 Å². The lowest BCUT2D eigenvalue weighted by molar-refractivity contribution is 0.206. The van der Waals surface area contributed by atoms with Gasteiger partial charge in [0.15, 0.2) is 0 Å². The Morgan fingerprint density at radius 2 is 2.00 bits per heavy atom. The van der Waals surface area contributed by atoms with Crippen molar-refractivity contribution in [3.05, 3.63) is 0 Å². The van der Waals surface area contributed by atoms with Crippen LogP contribution in [0.4, 0.5) is 0 Å². The highest BCUT2D eigenvalue weighted by atomic mass is 14.9. The van der Waals surface area contributed by atoms with Gasteiger partial charge in [0.1, 0.15) is 0 Å². The minimum atomic E-state index is 0.180. The predicted molar refractivity (Wildman–Crippen MR) is 68.0 cm³/mol. The molecule has 2 heteroatoms. The zero-order valence-corrected chi connectivity index (χ0v) is 11.1. The van der Waals surface area contributed by atoms with Crippen molar-refractivity contribution in [3.8, 4) is 6.07 Å². The molecule has 0 aliphatic heterocycles. The van der Waals surface area contributed by atoms with Gasteiger partial charge < -0.3 is 5.32 Å². The summed E-state index contributed by atoms with van der Waals surface area (Å²) in [6, 6.07) is 2.35. The fraction of sp³-hybridized carbons (Fsp3) is 0.929. The number of nitriles is 1. The quantitative estimate of drug-likeness (QED) is 0.748. The summed E-state index contributed by atoms with van der Waals surface area (Å²) >= 11 is 0. The first-order valence-electron chi connectivity index (χ1n) is 6.70. The standard InChI is InChI=1S/C14H26N2/c1-4-12(9-15)10-16-11-14(2,3)13-7-5-6-8-13/h12-13,16H,4-8,10-11H2,1-3H3. The molecule has 0 aromatic carbocycles. The molecule has 0 heterocycles. The highest BCUT2D eigenvalue weighted by Crippen LogP contribution is 2.38. The monoisotopic (exact) mass is 222 g/mol. The van der Waals surface area contributed by atoms with E-state index in [2.05, 4.69) is 32.2 Å². The molecule has 1 aliphatic carbocycles. The predicted octanol–water partition coefficient (Wildman–Crippen LogP) is 3.34. The van der Waals surface area contributed by atoms with Gasteiger partial charge in [0, 0.05) is 13.1 Å². The smallest absolute Gasteiger partial charge is 0.0669 e. The van der Waals surface area contributed by atoms with Crippen molar-refractivity contribution < 1.29 is 0 Å². The summed E-state index contributed by atoms with van der Waals surface area (Å²) in [6.07, 6.45) is 6.55. The second kappa shape index (κ2) is 6.25. The Morgan fingerprint density at radius 1 is 1.38 bits per heavy atom. The van der Waals surface area contributed by atoms with Crippen molar-refractivity contribution >= 4 is 0 Å². The van der Waals surface area contributed by atoms with Gasteiger partial charge in [-0.05, 0) is 30.6 Å². The molecule has 0 amide bonds. The van der Waals surface area contributed by atoms with E-state index in [4.69, 9.17) is 5.26 Å². The summed E-state index contributed by atoms with van der Waals surface area (Å²) in [6.45, 7) is 8.71. The molecular formula is C14H26N2. The zero-order valence-electron chi connectivity index (χ0n) is 11.1.